The minimum atomic E-state index is -3.79. The van der Waals surface area contributed by atoms with Crippen molar-refractivity contribution in [1.82, 2.24) is 5.32 Å². The fraction of sp³-hybridized carbons (Fsp3) is 0.222. The Morgan fingerprint density at radius 2 is 1.74 bits per heavy atom. The Kier molecular flexibility index (Phi) is 6.84. The lowest BCUT2D eigenvalue weighted by molar-refractivity contribution is 0.0951. The number of nitrogens with zero attached hydrogens (tertiary/aromatic N) is 1. The van der Waals surface area contributed by atoms with Crippen molar-refractivity contribution in [3.05, 3.63) is 107 Å². The van der Waals surface area contributed by atoms with Crippen molar-refractivity contribution in [3.8, 4) is 0 Å². The van der Waals surface area contributed by atoms with Crippen LogP contribution in [0.15, 0.2) is 89.3 Å². The number of carbonyl (C=O) groups excluding carboxylic acids is 1. The summed E-state index contributed by atoms with van der Waals surface area (Å²) in [6, 6.07) is 19.4. The van der Waals surface area contributed by atoms with E-state index in [0.29, 0.717) is 24.2 Å². The molecule has 3 aromatic carbocycles. The third-order valence-electron chi connectivity index (χ3n) is 6.28. The Labute approximate surface area is 200 Å². The predicted octanol–water partition coefficient (Wildman–Crippen LogP) is 5.40. The number of hydrogen-bond acceptors (Lipinski definition) is 3. The van der Waals surface area contributed by atoms with Gasteiger partial charge < -0.3 is 5.32 Å². The van der Waals surface area contributed by atoms with Crippen LogP contribution in [0.3, 0.4) is 0 Å². The van der Waals surface area contributed by atoms with Gasteiger partial charge in [0.25, 0.3) is 15.9 Å². The van der Waals surface area contributed by atoms with E-state index in [-0.39, 0.29) is 29.1 Å². The van der Waals surface area contributed by atoms with Crippen LogP contribution in [0, 0.1) is 5.82 Å². The number of hydrogen-bond donors (Lipinski definition) is 1. The summed E-state index contributed by atoms with van der Waals surface area (Å²) >= 11 is 0. The zero-order valence-corrected chi connectivity index (χ0v) is 20.0. The molecule has 176 valence electrons. The molecular weight excluding hydrogens is 451 g/mol. The van der Waals surface area contributed by atoms with E-state index in [1.807, 2.05) is 31.2 Å². The molecule has 0 saturated carbocycles. The van der Waals surface area contributed by atoms with Gasteiger partial charge >= 0.3 is 0 Å². The van der Waals surface area contributed by atoms with Crippen molar-refractivity contribution in [3.63, 3.8) is 0 Å². The minimum absolute atomic E-state index is 0.138. The van der Waals surface area contributed by atoms with Crippen LogP contribution in [0.1, 0.15) is 47.7 Å². The lowest BCUT2D eigenvalue weighted by Crippen LogP contribution is -2.37. The van der Waals surface area contributed by atoms with Crippen LogP contribution >= 0.6 is 0 Å². The van der Waals surface area contributed by atoms with Gasteiger partial charge in [0.05, 0.1) is 10.6 Å². The van der Waals surface area contributed by atoms with Crippen LogP contribution < -0.4 is 9.62 Å². The number of fused-ring (bicyclic) bond motifs is 1. The van der Waals surface area contributed by atoms with Crippen LogP contribution in [-0.2, 0) is 16.6 Å². The van der Waals surface area contributed by atoms with Gasteiger partial charge in [-0.1, -0.05) is 42.0 Å². The standard InChI is InChI=1S/C27H27FN2O3S/c1-3-19(2)24-16-17-30(26-7-5-4-6-25(24)26)34(32,33)23-14-10-21(11-15-23)27(31)29-18-20-8-12-22(28)13-9-20/h3-15,24H,16-18H2,1-2H3,(H,29,31)/b19-3+. The van der Waals surface area contributed by atoms with E-state index in [9.17, 15) is 17.6 Å². The zero-order valence-electron chi connectivity index (χ0n) is 19.2. The molecule has 34 heavy (non-hydrogen) atoms. The van der Waals surface area contributed by atoms with Gasteiger partial charge in [0, 0.05) is 24.6 Å². The molecule has 0 bridgehead atoms. The maximum absolute atomic E-state index is 13.5. The van der Waals surface area contributed by atoms with Crippen LogP contribution in [0.4, 0.5) is 10.1 Å². The number of allylic oxidation sites excluding steroid dienone is 2. The van der Waals surface area contributed by atoms with Crippen molar-refractivity contribution in [2.24, 2.45) is 0 Å². The number of benzene rings is 3. The Morgan fingerprint density at radius 1 is 1.06 bits per heavy atom. The van der Waals surface area contributed by atoms with E-state index in [1.54, 1.807) is 12.1 Å². The van der Waals surface area contributed by atoms with Gasteiger partial charge in [-0.3, -0.25) is 9.10 Å². The molecule has 1 amide bonds. The maximum Gasteiger partial charge on any atom is 0.264 e. The normalized spacial score (nSPS) is 16.1. The van der Waals surface area contributed by atoms with Gasteiger partial charge in [-0.25, -0.2) is 12.8 Å². The average molecular weight is 479 g/mol. The first-order chi connectivity index (χ1) is 16.3. The van der Waals surface area contributed by atoms with E-state index in [1.165, 1.54) is 46.3 Å². The number of anilines is 1. The monoisotopic (exact) mass is 478 g/mol. The van der Waals surface area contributed by atoms with E-state index in [2.05, 4.69) is 18.3 Å². The van der Waals surface area contributed by atoms with E-state index in [4.69, 9.17) is 0 Å². The van der Waals surface area contributed by atoms with Crippen molar-refractivity contribution in [1.29, 1.82) is 0 Å². The van der Waals surface area contributed by atoms with Crippen LogP contribution in [0.5, 0.6) is 0 Å². The van der Waals surface area contributed by atoms with Gasteiger partial charge in [0.2, 0.25) is 0 Å². The van der Waals surface area contributed by atoms with Crippen molar-refractivity contribution in [2.75, 3.05) is 10.8 Å². The highest BCUT2D eigenvalue weighted by molar-refractivity contribution is 7.92. The summed E-state index contributed by atoms with van der Waals surface area (Å²) in [6.07, 6.45) is 2.78. The predicted molar refractivity (Wildman–Crippen MR) is 132 cm³/mol. The maximum atomic E-state index is 13.5. The molecule has 1 aliphatic heterocycles. The molecule has 1 unspecified atom stereocenters. The van der Waals surface area contributed by atoms with Gasteiger partial charge in [-0.15, -0.1) is 0 Å². The summed E-state index contributed by atoms with van der Waals surface area (Å²) in [5.41, 5.74) is 4.04. The first-order valence-corrected chi connectivity index (χ1v) is 12.6. The number of halogens is 1. The fourth-order valence-electron chi connectivity index (χ4n) is 4.25. The molecule has 0 radical (unpaired) electrons. The average Bonchev–Trinajstić information content (AvgIpc) is 2.87. The van der Waals surface area contributed by atoms with E-state index < -0.39 is 10.0 Å². The number of rotatable bonds is 6. The Balaban J connectivity index is 1.53. The highest BCUT2D eigenvalue weighted by Gasteiger charge is 2.33. The molecule has 5 nitrogen and oxygen atoms in total. The summed E-state index contributed by atoms with van der Waals surface area (Å²) in [5, 5.41) is 2.76. The highest BCUT2D eigenvalue weighted by Crippen LogP contribution is 2.41. The SMILES string of the molecule is C/C=C(\C)C1CCN(S(=O)(=O)c2ccc(C(=O)NCc3ccc(F)cc3)cc2)c2ccccc21. The number of carbonyl (C=O) groups is 1. The quantitative estimate of drug-likeness (QED) is 0.482. The molecule has 0 fully saturated rings. The second-order valence-electron chi connectivity index (χ2n) is 8.34. The molecule has 1 heterocycles. The summed E-state index contributed by atoms with van der Waals surface area (Å²) in [7, 11) is -3.79. The molecule has 4 rings (SSSR count). The van der Waals surface area contributed by atoms with Crippen molar-refractivity contribution >= 4 is 21.6 Å². The van der Waals surface area contributed by atoms with E-state index >= 15 is 0 Å². The molecule has 0 aromatic heterocycles. The van der Waals surface area contributed by atoms with Gasteiger partial charge in [-0.2, -0.15) is 0 Å². The third-order valence-corrected chi connectivity index (χ3v) is 8.10. The molecule has 0 saturated heterocycles. The summed E-state index contributed by atoms with van der Waals surface area (Å²) in [4.78, 5) is 12.6. The number of para-hydroxylation sites is 1. The lowest BCUT2D eigenvalue weighted by atomic mass is 9.85. The van der Waals surface area contributed by atoms with Crippen molar-refractivity contribution in [2.45, 2.75) is 37.6 Å². The highest BCUT2D eigenvalue weighted by atomic mass is 32.2. The second-order valence-corrected chi connectivity index (χ2v) is 10.2. The van der Waals surface area contributed by atoms with Gasteiger partial charge in [0.1, 0.15) is 5.82 Å². The summed E-state index contributed by atoms with van der Waals surface area (Å²) in [6.45, 7) is 4.70. The number of nitrogens with one attached hydrogen (secondary N) is 1. The number of sulfonamides is 1. The Hall–Kier alpha value is -3.45. The molecule has 7 heteroatoms. The summed E-state index contributed by atoms with van der Waals surface area (Å²) in [5.74, 6) is -0.475. The molecule has 0 spiro atoms. The van der Waals surface area contributed by atoms with Gasteiger partial charge in [0.15, 0.2) is 0 Å². The van der Waals surface area contributed by atoms with Crippen LogP contribution in [-0.4, -0.2) is 20.9 Å². The molecule has 1 N–H and O–H groups in total. The van der Waals surface area contributed by atoms with Crippen LogP contribution in [0.2, 0.25) is 0 Å². The first-order valence-electron chi connectivity index (χ1n) is 11.2. The first kappa shape index (κ1) is 23.7. The third kappa shape index (κ3) is 4.75. The van der Waals surface area contributed by atoms with Crippen molar-refractivity contribution < 1.29 is 17.6 Å². The topological polar surface area (TPSA) is 66.5 Å². The summed E-state index contributed by atoms with van der Waals surface area (Å²) < 4.78 is 41.5. The van der Waals surface area contributed by atoms with Crippen LogP contribution in [0.25, 0.3) is 0 Å². The Bertz CT molecular complexity index is 1320. The molecule has 1 atom stereocenters. The zero-order chi connectivity index (χ0) is 24.3. The van der Waals surface area contributed by atoms with Gasteiger partial charge in [-0.05, 0) is 73.9 Å². The number of amides is 1. The molecule has 1 aliphatic rings. The molecular formula is C27H27FN2O3S. The minimum Gasteiger partial charge on any atom is -0.348 e. The molecule has 0 aliphatic carbocycles. The Morgan fingerprint density at radius 3 is 2.41 bits per heavy atom. The smallest absolute Gasteiger partial charge is 0.264 e. The lowest BCUT2D eigenvalue weighted by Gasteiger charge is -2.35. The largest absolute Gasteiger partial charge is 0.348 e. The molecule has 3 aromatic rings. The fourth-order valence-corrected chi connectivity index (χ4v) is 5.75. The van der Waals surface area contributed by atoms with E-state index in [0.717, 1.165) is 11.1 Å². The second kappa shape index (κ2) is 9.81.